The Balaban J connectivity index is 1.92. The molecule has 1 fully saturated rings. The third-order valence-corrected chi connectivity index (χ3v) is 4.46. The summed E-state index contributed by atoms with van der Waals surface area (Å²) in [6, 6.07) is 5.72. The molecule has 1 aromatic carbocycles. The number of carbonyl (C=O) groups excluding carboxylic acids is 1. The molecule has 0 bridgehead atoms. The Hall–Kier alpha value is -0.770. The van der Waals surface area contributed by atoms with Gasteiger partial charge in [0.05, 0.1) is 10.0 Å². The number of nitrogens with zero attached hydrogens (tertiary/aromatic N) is 2. The van der Waals surface area contributed by atoms with Crippen molar-refractivity contribution in [3.8, 4) is 0 Å². The molecule has 1 aliphatic heterocycles. The van der Waals surface area contributed by atoms with Crippen molar-refractivity contribution in [1.82, 2.24) is 9.80 Å². The first kappa shape index (κ1) is 15.6. The van der Waals surface area contributed by atoms with Crippen molar-refractivity contribution in [3.05, 3.63) is 33.8 Å². The molecule has 5 heteroatoms. The second-order valence-electron chi connectivity index (χ2n) is 5.47. The number of halogens is 2. The zero-order chi connectivity index (χ0) is 14.7. The van der Waals surface area contributed by atoms with Crippen molar-refractivity contribution in [1.29, 1.82) is 0 Å². The molecule has 0 aliphatic carbocycles. The fourth-order valence-corrected chi connectivity index (χ4v) is 2.78. The predicted molar refractivity (Wildman–Crippen MR) is 83.2 cm³/mol. The highest BCUT2D eigenvalue weighted by molar-refractivity contribution is 6.42. The summed E-state index contributed by atoms with van der Waals surface area (Å²) < 4.78 is 0. The SMILES string of the molecule is CC(C)C(=O)N1CCN(Cc2cccc(Cl)c2Cl)CC1. The van der Waals surface area contributed by atoms with E-state index in [4.69, 9.17) is 23.2 Å². The van der Waals surface area contributed by atoms with E-state index in [9.17, 15) is 4.79 Å². The topological polar surface area (TPSA) is 23.6 Å². The van der Waals surface area contributed by atoms with Crippen LogP contribution < -0.4 is 0 Å². The molecule has 0 N–H and O–H groups in total. The average molecular weight is 315 g/mol. The van der Waals surface area contributed by atoms with Crippen LogP contribution in [0.1, 0.15) is 19.4 Å². The van der Waals surface area contributed by atoms with Gasteiger partial charge in [0.25, 0.3) is 0 Å². The van der Waals surface area contributed by atoms with Crippen LogP contribution in [0.25, 0.3) is 0 Å². The maximum absolute atomic E-state index is 11.9. The van der Waals surface area contributed by atoms with Crippen molar-refractivity contribution < 1.29 is 4.79 Å². The molecule has 0 saturated carbocycles. The number of hydrogen-bond acceptors (Lipinski definition) is 2. The Bertz CT molecular complexity index is 483. The van der Waals surface area contributed by atoms with E-state index in [1.54, 1.807) is 6.07 Å². The lowest BCUT2D eigenvalue weighted by Gasteiger charge is -2.35. The minimum atomic E-state index is 0.0731. The van der Waals surface area contributed by atoms with Crippen LogP contribution in [0.5, 0.6) is 0 Å². The second kappa shape index (κ2) is 6.79. The quantitative estimate of drug-likeness (QED) is 0.854. The highest BCUT2D eigenvalue weighted by atomic mass is 35.5. The summed E-state index contributed by atoms with van der Waals surface area (Å²) in [5.74, 6) is 0.314. The Labute approximate surface area is 130 Å². The molecule has 20 heavy (non-hydrogen) atoms. The monoisotopic (exact) mass is 314 g/mol. The number of piperazine rings is 1. The van der Waals surface area contributed by atoms with Crippen molar-refractivity contribution >= 4 is 29.1 Å². The molecule has 1 heterocycles. The van der Waals surface area contributed by atoms with Crippen LogP contribution in [0.4, 0.5) is 0 Å². The van der Waals surface area contributed by atoms with Crippen LogP contribution in [0.2, 0.25) is 10.0 Å². The highest BCUT2D eigenvalue weighted by Gasteiger charge is 2.23. The van der Waals surface area contributed by atoms with Crippen molar-refractivity contribution in [2.45, 2.75) is 20.4 Å². The standard InChI is InChI=1S/C15H20Cl2N2O/c1-11(2)15(20)19-8-6-18(7-9-19)10-12-4-3-5-13(16)14(12)17/h3-5,11H,6-10H2,1-2H3. The van der Waals surface area contributed by atoms with E-state index in [2.05, 4.69) is 4.90 Å². The summed E-state index contributed by atoms with van der Waals surface area (Å²) >= 11 is 12.2. The second-order valence-corrected chi connectivity index (χ2v) is 6.25. The fourth-order valence-electron chi connectivity index (χ4n) is 2.40. The van der Waals surface area contributed by atoms with Gasteiger partial charge in [0, 0.05) is 38.6 Å². The Morgan fingerprint density at radius 3 is 2.45 bits per heavy atom. The van der Waals surface area contributed by atoms with Gasteiger partial charge in [0.1, 0.15) is 0 Å². The van der Waals surface area contributed by atoms with Gasteiger partial charge in [-0.05, 0) is 11.6 Å². The Morgan fingerprint density at radius 1 is 1.20 bits per heavy atom. The number of hydrogen-bond donors (Lipinski definition) is 0. The van der Waals surface area contributed by atoms with E-state index >= 15 is 0 Å². The number of carbonyl (C=O) groups is 1. The third-order valence-electron chi connectivity index (χ3n) is 3.60. The van der Waals surface area contributed by atoms with Crippen molar-refractivity contribution in [2.24, 2.45) is 5.92 Å². The van der Waals surface area contributed by atoms with Crippen LogP contribution in [-0.2, 0) is 11.3 Å². The number of benzene rings is 1. The Kier molecular flexibility index (Phi) is 5.30. The lowest BCUT2D eigenvalue weighted by molar-refractivity contribution is -0.136. The Morgan fingerprint density at radius 2 is 1.85 bits per heavy atom. The zero-order valence-corrected chi connectivity index (χ0v) is 13.4. The largest absolute Gasteiger partial charge is 0.340 e. The van der Waals surface area contributed by atoms with Gasteiger partial charge in [-0.3, -0.25) is 9.69 Å². The first-order valence-corrected chi connectivity index (χ1v) is 7.68. The van der Waals surface area contributed by atoms with E-state index in [-0.39, 0.29) is 11.8 Å². The maximum Gasteiger partial charge on any atom is 0.225 e. The molecule has 0 spiro atoms. The molecule has 3 nitrogen and oxygen atoms in total. The van der Waals surface area contributed by atoms with Crippen LogP contribution in [0.15, 0.2) is 18.2 Å². The molecule has 0 aromatic heterocycles. The van der Waals surface area contributed by atoms with Gasteiger partial charge in [-0.15, -0.1) is 0 Å². The molecule has 1 aromatic rings. The molecule has 1 aliphatic rings. The van der Waals surface area contributed by atoms with Gasteiger partial charge < -0.3 is 4.90 Å². The summed E-state index contributed by atoms with van der Waals surface area (Å²) in [5, 5.41) is 1.23. The molecule has 110 valence electrons. The van der Waals surface area contributed by atoms with Gasteiger partial charge in [-0.2, -0.15) is 0 Å². The summed E-state index contributed by atoms with van der Waals surface area (Å²) in [7, 11) is 0. The number of amides is 1. The predicted octanol–water partition coefficient (Wildman–Crippen LogP) is 3.29. The third kappa shape index (κ3) is 3.66. The van der Waals surface area contributed by atoms with Gasteiger partial charge >= 0.3 is 0 Å². The lowest BCUT2D eigenvalue weighted by atomic mass is 10.1. The van der Waals surface area contributed by atoms with Crippen LogP contribution in [-0.4, -0.2) is 41.9 Å². The average Bonchev–Trinajstić information content (AvgIpc) is 2.44. The van der Waals surface area contributed by atoms with E-state index in [0.717, 1.165) is 38.3 Å². The molecule has 1 saturated heterocycles. The molecular weight excluding hydrogens is 295 g/mol. The first-order valence-electron chi connectivity index (χ1n) is 6.93. The minimum Gasteiger partial charge on any atom is -0.340 e. The lowest BCUT2D eigenvalue weighted by Crippen LogP contribution is -2.49. The first-order chi connectivity index (χ1) is 9.49. The highest BCUT2D eigenvalue weighted by Crippen LogP contribution is 2.26. The summed E-state index contributed by atoms with van der Waals surface area (Å²) in [6.07, 6.45) is 0. The summed E-state index contributed by atoms with van der Waals surface area (Å²) in [4.78, 5) is 16.2. The molecule has 0 atom stereocenters. The van der Waals surface area contributed by atoms with E-state index in [1.807, 2.05) is 30.9 Å². The molecule has 0 unspecified atom stereocenters. The van der Waals surface area contributed by atoms with Gasteiger partial charge in [0.2, 0.25) is 5.91 Å². The van der Waals surface area contributed by atoms with E-state index in [1.165, 1.54) is 0 Å². The fraction of sp³-hybridized carbons (Fsp3) is 0.533. The number of rotatable bonds is 3. The van der Waals surface area contributed by atoms with Gasteiger partial charge in [0.15, 0.2) is 0 Å². The van der Waals surface area contributed by atoms with Crippen LogP contribution in [0.3, 0.4) is 0 Å². The normalized spacial score (nSPS) is 16.8. The molecule has 1 amide bonds. The minimum absolute atomic E-state index is 0.0731. The van der Waals surface area contributed by atoms with Gasteiger partial charge in [-0.25, -0.2) is 0 Å². The van der Waals surface area contributed by atoms with Crippen molar-refractivity contribution in [3.63, 3.8) is 0 Å². The smallest absolute Gasteiger partial charge is 0.225 e. The summed E-state index contributed by atoms with van der Waals surface area (Å²) in [6.45, 7) is 8.00. The maximum atomic E-state index is 11.9. The van der Waals surface area contributed by atoms with E-state index < -0.39 is 0 Å². The van der Waals surface area contributed by atoms with Crippen LogP contribution in [0, 0.1) is 5.92 Å². The van der Waals surface area contributed by atoms with E-state index in [0.29, 0.717) is 10.0 Å². The molecule has 0 radical (unpaired) electrons. The molecule has 2 rings (SSSR count). The molecular formula is C15H20Cl2N2O. The zero-order valence-electron chi connectivity index (χ0n) is 11.9. The van der Waals surface area contributed by atoms with Gasteiger partial charge in [-0.1, -0.05) is 49.2 Å². The van der Waals surface area contributed by atoms with Crippen molar-refractivity contribution in [2.75, 3.05) is 26.2 Å². The summed E-state index contributed by atoms with van der Waals surface area (Å²) in [5.41, 5.74) is 1.04. The van der Waals surface area contributed by atoms with Crippen LogP contribution >= 0.6 is 23.2 Å².